The number of benzene rings is 1. The largest absolute Gasteiger partial charge is 0.494 e. The summed E-state index contributed by atoms with van der Waals surface area (Å²) in [6.45, 7) is 5.18. The van der Waals surface area contributed by atoms with Crippen LogP contribution in [0.4, 0.5) is 5.69 Å². The first-order valence-corrected chi connectivity index (χ1v) is 9.03. The van der Waals surface area contributed by atoms with Crippen molar-refractivity contribution in [2.75, 3.05) is 18.5 Å². The molecule has 0 radical (unpaired) electrons. The molecule has 2 rings (SSSR count). The number of nitrogens with one attached hydrogen (secondary N) is 2. The first-order valence-electron chi connectivity index (χ1n) is 9.03. The van der Waals surface area contributed by atoms with Crippen molar-refractivity contribution in [3.8, 4) is 5.75 Å². The highest BCUT2D eigenvalue weighted by Gasteiger charge is 2.15. The zero-order valence-electron chi connectivity index (χ0n) is 15.1. The minimum atomic E-state index is 0.0212. The first kappa shape index (κ1) is 19.2. The molecule has 0 saturated carbocycles. The van der Waals surface area contributed by atoms with Gasteiger partial charge in [-0.1, -0.05) is 13.8 Å². The molecule has 2 amide bonds. The Balaban J connectivity index is 1.70. The predicted molar refractivity (Wildman–Crippen MR) is 98.6 cm³/mol. The molecule has 1 aliphatic heterocycles. The van der Waals surface area contributed by atoms with E-state index >= 15 is 0 Å². The van der Waals surface area contributed by atoms with Gasteiger partial charge in [0.05, 0.1) is 6.61 Å². The Hall–Kier alpha value is -2.08. The van der Waals surface area contributed by atoms with Crippen LogP contribution in [0.5, 0.6) is 5.75 Å². The maximum atomic E-state index is 12.0. The second-order valence-electron chi connectivity index (χ2n) is 6.95. The number of fused-ring (bicyclic) bond motifs is 1. The van der Waals surface area contributed by atoms with Crippen LogP contribution >= 0.6 is 0 Å². The van der Waals surface area contributed by atoms with Gasteiger partial charge in [-0.25, -0.2) is 0 Å². The van der Waals surface area contributed by atoms with Gasteiger partial charge in [0, 0.05) is 31.1 Å². The Morgan fingerprint density at radius 3 is 2.88 bits per heavy atom. The van der Waals surface area contributed by atoms with E-state index in [-0.39, 0.29) is 17.9 Å². The molecule has 1 aromatic rings. The van der Waals surface area contributed by atoms with Crippen LogP contribution in [-0.2, 0) is 16.0 Å². The molecule has 1 atom stereocenters. The van der Waals surface area contributed by atoms with Crippen molar-refractivity contribution in [3.05, 3.63) is 23.8 Å². The smallest absolute Gasteiger partial charge is 0.224 e. The summed E-state index contributed by atoms with van der Waals surface area (Å²) in [5.41, 5.74) is 7.65. The number of amides is 2. The molecule has 6 heteroatoms. The van der Waals surface area contributed by atoms with E-state index in [2.05, 4.69) is 24.5 Å². The number of carbonyl (C=O) groups is 2. The summed E-state index contributed by atoms with van der Waals surface area (Å²) in [5, 5.41) is 5.83. The number of carbonyl (C=O) groups excluding carboxylic acids is 2. The van der Waals surface area contributed by atoms with E-state index in [0.29, 0.717) is 38.3 Å². The summed E-state index contributed by atoms with van der Waals surface area (Å²) in [7, 11) is 0. The third kappa shape index (κ3) is 6.38. The molecular formula is C19H29N3O3. The number of hydrogen-bond donors (Lipinski definition) is 3. The summed E-state index contributed by atoms with van der Waals surface area (Å²) in [5.74, 6) is 1.36. The van der Waals surface area contributed by atoms with Gasteiger partial charge in [0.15, 0.2) is 0 Å². The topological polar surface area (TPSA) is 93.4 Å². The predicted octanol–water partition coefficient (Wildman–Crippen LogP) is 2.22. The summed E-state index contributed by atoms with van der Waals surface area (Å²) in [4.78, 5) is 23.3. The Labute approximate surface area is 149 Å². The third-order valence-corrected chi connectivity index (χ3v) is 4.19. The molecule has 6 nitrogen and oxygen atoms in total. The van der Waals surface area contributed by atoms with Crippen LogP contribution in [0.3, 0.4) is 0 Å². The number of ether oxygens (including phenoxy) is 1. The van der Waals surface area contributed by atoms with Crippen molar-refractivity contribution >= 4 is 17.5 Å². The monoisotopic (exact) mass is 347 g/mol. The molecule has 25 heavy (non-hydrogen) atoms. The van der Waals surface area contributed by atoms with E-state index in [1.165, 1.54) is 0 Å². The van der Waals surface area contributed by atoms with Crippen LogP contribution < -0.4 is 21.1 Å². The van der Waals surface area contributed by atoms with Gasteiger partial charge >= 0.3 is 0 Å². The van der Waals surface area contributed by atoms with Gasteiger partial charge in [-0.05, 0) is 48.9 Å². The lowest BCUT2D eigenvalue weighted by atomic mass is 10.0. The lowest BCUT2D eigenvalue weighted by molar-refractivity contribution is -0.122. The van der Waals surface area contributed by atoms with Crippen molar-refractivity contribution in [1.29, 1.82) is 0 Å². The summed E-state index contributed by atoms with van der Waals surface area (Å²) in [6.07, 6.45) is 3.21. The van der Waals surface area contributed by atoms with E-state index in [1.807, 2.05) is 18.2 Å². The molecule has 0 aromatic heterocycles. The van der Waals surface area contributed by atoms with Crippen LogP contribution in [0.15, 0.2) is 18.2 Å². The second-order valence-corrected chi connectivity index (χ2v) is 6.95. The number of aryl methyl sites for hydroxylation is 1. The average molecular weight is 347 g/mol. The van der Waals surface area contributed by atoms with Crippen LogP contribution in [0, 0.1) is 5.92 Å². The molecule has 0 aliphatic carbocycles. The van der Waals surface area contributed by atoms with Crippen LogP contribution in [0.25, 0.3) is 0 Å². The molecule has 1 aromatic carbocycles. The lowest BCUT2D eigenvalue weighted by Gasteiger charge is -2.19. The molecule has 1 aliphatic rings. The summed E-state index contributed by atoms with van der Waals surface area (Å²) in [6, 6.07) is 5.72. The minimum Gasteiger partial charge on any atom is -0.494 e. The maximum absolute atomic E-state index is 12.0. The van der Waals surface area contributed by atoms with E-state index in [0.717, 1.165) is 29.8 Å². The van der Waals surface area contributed by atoms with Crippen molar-refractivity contribution in [2.45, 2.75) is 52.0 Å². The maximum Gasteiger partial charge on any atom is 0.224 e. The van der Waals surface area contributed by atoms with Gasteiger partial charge in [0.2, 0.25) is 11.8 Å². The molecule has 1 unspecified atom stereocenters. The fourth-order valence-corrected chi connectivity index (χ4v) is 2.96. The van der Waals surface area contributed by atoms with Crippen LogP contribution in [0.1, 0.15) is 45.1 Å². The quantitative estimate of drug-likeness (QED) is 0.597. The number of hydrogen-bond acceptors (Lipinski definition) is 4. The summed E-state index contributed by atoms with van der Waals surface area (Å²) < 4.78 is 5.73. The molecule has 1 heterocycles. The van der Waals surface area contributed by atoms with Crippen molar-refractivity contribution < 1.29 is 14.3 Å². The lowest BCUT2D eigenvalue weighted by Crippen LogP contribution is -2.41. The van der Waals surface area contributed by atoms with Crippen molar-refractivity contribution in [2.24, 2.45) is 11.7 Å². The minimum absolute atomic E-state index is 0.0212. The summed E-state index contributed by atoms with van der Waals surface area (Å²) >= 11 is 0. The van der Waals surface area contributed by atoms with Crippen LogP contribution in [0.2, 0.25) is 0 Å². The van der Waals surface area contributed by atoms with Gasteiger partial charge in [-0.15, -0.1) is 0 Å². The average Bonchev–Trinajstić information content (AvgIpc) is 2.57. The first-order chi connectivity index (χ1) is 12.0. The fraction of sp³-hybridized carbons (Fsp3) is 0.579. The standard InChI is InChI=1S/C19H29N3O3/c1-13(2)10-15(12-20)21-18(23)4-3-9-25-16-6-7-17-14(11-16)5-8-19(24)22-17/h6-7,11,13,15H,3-5,8-10,12,20H2,1-2H3,(H,21,23)(H,22,24). The highest BCUT2D eigenvalue weighted by molar-refractivity contribution is 5.94. The van der Waals surface area contributed by atoms with Gasteiger partial charge < -0.3 is 21.1 Å². The molecule has 4 N–H and O–H groups in total. The zero-order valence-corrected chi connectivity index (χ0v) is 15.1. The van der Waals surface area contributed by atoms with E-state index in [9.17, 15) is 9.59 Å². The zero-order chi connectivity index (χ0) is 18.2. The Morgan fingerprint density at radius 1 is 1.36 bits per heavy atom. The normalized spacial score (nSPS) is 14.6. The highest BCUT2D eigenvalue weighted by atomic mass is 16.5. The number of rotatable bonds is 9. The van der Waals surface area contributed by atoms with Gasteiger partial charge in [-0.3, -0.25) is 9.59 Å². The van der Waals surface area contributed by atoms with E-state index < -0.39 is 0 Å². The molecule has 0 spiro atoms. The Morgan fingerprint density at radius 2 is 2.16 bits per heavy atom. The van der Waals surface area contributed by atoms with Gasteiger partial charge in [0.25, 0.3) is 0 Å². The van der Waals surface area contributed by atoms with Crippen LogP contribution in [-0.4, -0.2) is 31.0 Å². The van der Waals surface area contributed by atoms with Gasteiger partial charge in [0.1, 0.15) is 5.75 Å². The second kappa shape index (κ2) is 9.42. The third-order valence-electron chi connectivity index (χ3n) is 4.19. The molecule has 0 saturated heterocycles. The molecule has 0 bridgehead atoms. The highest BCUT2D eigenvalue weighted by Crippen LogP contribution is 2.26. The van der Waals surface area contributed by atoms with E-state index in [1.54, 1.807) is 0 Å². The van der Waals surface area contributed by atoms with Gasteiger partial charge in [-0.2, -0.15) is 0 Å². The molecule has 138 valence electrons. The SMILES string of the molecule is CC(C)CC(CN)NC(=O)CCCOc1ccc2c(c1)CCC(=O)N2. The number of nitrogens with two attached hydrogens (primary N) is 1. The fourth-order valence-electron chi connectivity index (χ4n) is 2.96. The van der Waals surface area contributed by atoms with Crippen molar-refractivity contribution in [3.63, 3.8) is 0 Å². The Bertz CT molecular complexity index is 602. The molecule has 0 fully saturated rings. The van der Waals surface area contributed by atoms with E-state index in [4.69, 9.17) is 10.5 Å². The number of anilines is 1. The molecular weight excluding hydrogens is 318 g/mol. The Kier molecular flexibility index (Phi) is 7.25. The van der Waals surface area contributed by atoms with Crippen molar-refractivity contribution in [1.82, 2.24) is 5.32 Å².